The van der Waals surface area contributed by atoms with E-state index in [4.69, 9.17) is 14.2 Å². The number of aromatic nitrogens is 1. The molecule has 2 aliphatic heterocycles. The molecule has 0 spiro atoms. The number of thiazole rings is 1. The molecule has 0 unspecified atom stereocenters. The number of benzene rings is 3. The van der Waals surface area contributed by atoms with E-state index in [0.29, 0.717) is 13.2 Å². The van der Waals surface area contributed by atoms with E-state index in [1.165, 1.54) is 54.1 Å². The first kappa shape index (κ1) is 34.5. The lowest BCUT2D eigenvalue weighted by Gasteiger charge is -2.18. The van der Waals surface area contributed by atoms with E-state index in [1.807, 2.05) is 19.1 Å². The van der Waals surface area contributed by atoms with Crippen molar-refractivity contribution < 1.29 is 31.7 Å². The quantitative estimate of drug-likeness (QED) is 0.139. The summed E-state index contributed by atoms with van der Waals surface area (Å²) in [6, 6.07) is 18.3. The Bertz CT molecular complexity index is 1980. The van der Waals surface area contributed by atoms with Crippen molar-refractivity contribution in [2.45, 2.75) is 37.1 Å². The minimum atomic E-state index is -4.27. The molecule has 1 aromatic heterocycles. The van der Waals surface area contributed by atoms with Crippen molar-refractivity contribution >= 4 is 55.2 Å². The summed E-state index contributed by atoms with van der Waals surface area (Å²) in [5, 5.41) is 2.43. The van der Waals surface area contributed by atoms with Gasteiger partial charge in [-0.1, -0.05) is 52.9 Å². The molecule has 3 aromatic carbocycles. The van der Waals surface area contributed by atoms with Gasteiger partial charge in [0.2, 0.25) is 5.52 Å². The third-order valence-electron chi connectivity index (χ3n) is 7.61. The van der Waals surface area contributed by atoms with E-state index < -0.39 is 10.1 Å². The maximum absolute atomic E-state index is 10.4. The molecule has 0 atom stereocenters. The van der Waals surface area contributed by atoms with Gasteiger partial charge in [-0.15, -0.1) is 0 Å². The van der Waals surface area contributed by atoms with Crippen LogP contribution in [0.2, 0.25) is 0 Å². The van der Waals surface area contributed by atoms with Crippen LogP contribution in [-0.4, -0.2) is 46.9 Å². The average Bonchev–Trinajstić information content (AvgIpc) is 3.62. The van der Waals surface area contributed by atoms with E-state index in [-0.39, 0.29) is 4.90 Å². The molecule has 3 heterocycles. The minimum Gasteiger partial charge on any atom is -0.744 e. The first-order valence-corrected chi connectivity index (χ1v) is 18.2. The van der Waals surface area contributed by atoms with Crippen LogP contribution in [0.5, 0.6) is 11.5 Å². The maximum Gasteiger partial charge on any atom is 0.262 e. The van der Waals surface area contributed by atoms with Crippen LogP contribution in [0.1, 0.15) is 24.4 Å². The van der Waals surface area contributed by atoms with Crippen LogP contribution in [0.4, 0.5) is 5.69 Å². The summed E-state index contributed by atoms with van der Waals surface area (Å²) in [5.74, 6) is 1.77. The molecule has 0 amide bonds. The molecule has 6 rings (SSSR count). The van der Waals surface area contributed by atoms with Crippen molar-refractivity contribution in [2.75, 3.05) is 38.9 Å². The Kier molecular flexibility index (Phi) is 11.3. The zero-order valence-electron chi connectivity index (χ0n) is 27.1. The highest BCUT2D eigenvalue weighted by molar-refractivity contribution is 8.03. The summed E-state index contributed by atoms with van der Waals surface area (Å²) in [6.45, 7) is 9.22. The Balaban J connectivity index is 0.000000335. The molecule has 0 saturated carbocycles. The summed E-state index contributed by atoms with van der Waals surface area (Å²) in [4.78, 5) is 3.41. The van der Waals surface area contributed by atoms with Gasteiger partial charge in [-0.2, -0.15) is 4.57 Å². The van der Waals surface area contributed by atoms with Gasteiger partial charge < -0.3 is 23.7 Å². The first-order valence-electron chi connectivity index (χ1n) is 15.2. The summed E-state index contributed by atoms with van der Waals surface area (Å²) >= 11 is 3.59. The summed E-state index contributed by atoms with van der Waals surface area (Å²) in [6.07, 6.45) is 11.0. The largest absolute Gasteiger partial charge is 0.744 e. The molecular formula is C36H38N2O6S3. The molecule has 0 bridgehead atoms. The molecular weight excluding hydrogens is 653 g/mol. The maximum atomic E-state index is 10.4. The fourth-order valence-corrected chi connectivity index (χ4v) is 7.87. The van der Waals surface area contributed by atoms with Gasteiger partial charge in [0.1, 0.15) is 32.9 Å². The number of fused-ring (bicyclic) bond motifs is 2. The Morgan fingerprint density at radius 2 is 1.68 bits per heavy atom. The summed E-state index contributed by atoms with van der Waals surface area (Å²) in [5.41, 5.74) is 5.68. The number of aryl methyl sites for hydroxylation is 2. The smallest absolute Gasteiger partial charge is 0.262 e. The van der Waals surface area contributed by atoms with Gasteiger partial charge >= 0.3 is 0 Å². The van der Waals surface area contributed by atoms with E-state index >= 15 is 0 Å². The number of ether oxygens (including phenoxy) is 3. The van der Waals surface area contributed by atoms with Crippen LogP contribution < -0.4 is 18.9 Å². The van der Waals surface area contributed by atoms with E-state index in [1.54, 1.807) is 49.5 Å². The van der Waals surface area contributed by atoms with Gasteiger partial charge in [-0.25, -0.2) is 8.42 Å². The Morgan fingerprint density at radius 3 is 2.36 bits per heavy atom. The fraction of sp³-hybridized carbons (Fsp3) is 0.250. The van der Waals surface area contributed by atoms with Crippen LogP contribution in [-0.2, 0) is 21.4 Å². The zero-order chi connectivity index (χ0) is 33.6. The van der Waals surface area contributed by atoms with Gasteiger partial charge in [0.15, 0.2) is 0 Å². The number of rotatable bonds is 8. The van der Waals surface area contributed by atoms with E-state index in [9.17, 15) is 13.0 Å². The van der Waals surface area contributed by atoms with Crippen molar-refractivity contribution in [3.63, 3.8) is 0 Å². The second-order valence-electron chi connectivity index (χ2n) is 10.8. The van der Waals surface area contributed by atoms with Crippen molar-refractivity contribution in [2.24, 2.45) is 0 Å². The minimum absolute atomic E-state index is 0.178. The molecule has 246 valence electrons. The van der Waals surface area contributed by atoms with Crippen molar-refractivity contribution in [3.05, 3.63) is 112 Å². The Labute approximate surface area is 285 Å². The van der Waals surface area contributed by atoms with Crippen LogP contribution in [0.3, 0.4) is 0 Å². The number of allylic oxidation sites excluding steroid dienone is 2. The zero-order valence-corrected chi connectivity index (χ0v) is 29.5. The number of thioether (sulfide) groups is 1. The van der Waals surface area contributed by atoms with Gasteiger partial charge in [0, 0.05) is 23.6 Å². The standard InChI is InChI=1S/C29H31N2O3S2.C7H8O3S/c1-5-30-24-16-22(32-3)9-11-26(24)35-28(30)13-7-20-15-21(19-34-18-20)8-14-29-31(6-2)25-17-23(33-4)10-12-27(25)36-29;1-6-2-4-7(5-3-6)11(8,9)10/h7-17H,5-6,18-19H2,1-4H3;2-5H,1H3,(H,8,9,10)/q+1;/p-1. The van der Waals surface area contributed by atoms with Crippen molar-refractivity contribution in [1.82, 2.24) is 0 Å². The predicted molar refractivity (Wildman–Crippen MR) is 189 cm³/mol. The lowest BCUT2D eigenvalue weighted by molar-refractivity contribution is -0.665. The highest BCUT2D eigenvalue weighted by Gasteiger charge is 2.24. The third-order valence-corrected chi connectivity index (χ3v) is 10.7. The molecule has 0 N–H and O–H groups in total. The first-order chi connectivity index (χ1) is 22.6. The highest BCUT2D eigenvalue weighted by Crippen LogP contribution is 2.47. The molecule has 0 saturated heterocycles. The average molecular weight is 691 g/mol. The summed E-state index contributed by atoms with van der Waals surface area (Å²) in [7, 11) is -0.848. The molecule has 4 aromatic rings. The lowest BCUT2D eigenvalue weighted by Crippen LogP contribution is -2.33. The molecule has 47 heavy (non-hydrogen) atoms. The monoisotopic (exact) mass is 690 g/mol. The predicted octanol–water partition coefficient (Wildman–Crippen LogP) is 7.49. The highest BCUT2D eigenvalue weighted by atomic mass is 32.2. The number of hydrogen-bond acceptors (Lipinski definition) is 9. The summed E-state index contributed by atoms with van der Waals surface area (Å²) < 4.78 is 51.5. The number of hydrogen-bond donors (Lipinski definition) is 0. The Hall–Kier alpha value is -3.87. The van der Waals surface area contributed by atoms with Crippen LogP contribution >= 0.6 is 23.1 Å². The molecule has 11 heteroatoms. The van der Waals surface area contributed by atoms with Gasteiger partial charge in [-0.3, -0.25) is 0 Å². The normalized spacial score (nSPS) is 16.4. The van der Waals surface area contributed by atoms with Gasteiger partial charge in [0.25, 0.3) is 5.01 Å². The number of nitrogens with zero attached hydrogens (tertiary/aromatic N) is 2. The fourth-order valence-electron chi connectivity index (χ4n) is 5.18. The molecule has 8 nitrogen and oxygen atoms in total. The second kappa shape index (κ2) is 15.4. The van der Waals surface area contributed by atoms with Crippen LogP contribution in [0.25, 0.3) is 16.3 Å². The van der Waals surface area contributed by atoms with Crippen LogP contribution in [0.15, 0.2) is 111 Å². The molecule has 0 aliphatic carbocycles. The number of anilines is 1. The van der Waals surface area contributed by atoms with E-state index in [2.05, 4.69) is 78.0 Å². The molecule has 2 aliphatic rings. The SMILES string of the molecule is CCN1/C(=C\C=C2C=C(/C=C/c3sc4ccc(OC)cc4[n+]3CC)COC/2)Sc2ccc(OC)cc21.Cc1ccc(S(=O)(=O)[O-])cc1. The molecule has 0 radical (unpaired) electrons. The molecule has 0 fully saturated rings. The van der Waals surface area contributed by atoms with E-state index in [0.717, 1.165) is 30.2 Å². The van der Waals surface area contributed by atoms with Crippen molar-refractivity contribution in [3.8, 4) is 11.5 Å². The van der Waals surface area contributed by atoms with Crippen molar-refractivity contribution in [1.29, 1.82) is 0 Å². The van der Waals surface area contributed by atoms with Gasteiger partial charge in [-0.05, 0) is 80.5 Å². The third kappa shape index (κ3) is 8.35. The lowest BCUT2D eigenvalue weighted by atomic mass is 10.1. The van der Waals surface area contributed by atoms with Crippen LogP contribution in [0, 0.1) is 6.92 Å². The number of methoxy groups -OCH3 is 2. The van der Waals surface area contributed by atoms with Gasteiger partial charge in [0.05, 0.1) is 49.1 Å². The topological polar surface area (TPSA) is 92.0 Å². The second-order valence-corrected chi connectivity index (χ2v) is 14.3. The Morgan fingerprint density at radius 1 is 0.957 bits per heavy atom.